The van der Waals surface area contributed by atoms with Crippen LogP contribution in [0.15, 0.2) is 96.2 Å². The SMILES string of the molecule is COc1cccc(C(=O)NS(=O)(=O)c2cccc(-c3ccc4c(c3)CC[C@H](CNC[C@H](O)c3cccnc3)O4)c2)c1. The number of amides is 1. The molecule has 0 radical (unpaired) electrons. The number of aryl methyl sites for hydroxylation is 1. The van der Waals surface area contributed by atoms with Gasteiger partial charge in [-0.15, -0.1) is 0 Å². The fourth-order valence-electron chi connectivity index (χ4n) is 4.69. The Kier molecular flexibility index (Phi) is 8.63. The molecule has 1 amide bonds. The highest BCUT2D eigenvalue weighted by molar-refractivity contribution is 7.90. The van der Waals surface area contributed by atoms with Gasteiger partial charge in [-0.1, -0.05) is 30.3 Å². The first-order chi connectivity index (χ1) is 19.8. The number of fused-ring (bicyclic) bond motifs is 1. The molecular formula is C31H31N3O6S. The van der Waals surface area contributed by atoms with Crippen molar-refractivity contribution in [1.29, 1.82) is 0 Å². The first-order valence-electron chi connectivity index (χ1n) is 13.2. The van der Waals surface area contributed by atoms with Gasteiger partial charge in [0.1, 0.15) is 17.6 Å². The number of methoxy groups -OCH3 is 1. The number of pyridine rings is 1. The van der Waals surface area contributed by atoms with Crippen LogP contribution < -0.4 is 19.5 Å². The van der Waals surface area contributed by atoms with Gasteiger partial charge in [0.2, 0.25) is 0 Å². The highest BCUT2D eigenvalue weighted by atomic mass is 32.2. The first-order valence-corrected chi connectivity index (χ1v) is 14.7. The normalized spacial score (nSPS) is 15.3. The average Bonchev–Trinajstić information content (AvgIpc) is 3.01. The quantitative estimate of drug-likeness (QED) is 0.261. The lowest BCUT2D eigenvalue weighted by molar-refractivity contribution is 0.0981. The molecule has 1 aliphatic heterocycles. The summed E-state index contributed by atoms with van der Waals surface area (Å²) in [4.78, 5) is 16.7. The summed E-state index contributed by atoms with van der Waals surface area (Å²) in [5.74, 6) is 0.500. The van der Waals surface area contributed by atoms with Crippen LogP contribution in [0.25, 0.3) is 11.1 Å². The van der Waals surface area contributed by atoms with E-state index in [1.807, 2.05) is 30.3 Å². The average molecular weight is 574 g/mol. The zero-order valence-corrected chi connectivity index (χ0v) is 23.3. The monoisotopic (exact) mass is 573 g/mol. The van der Waals surface area contributed by atoms with E-state index in [0.29, 0.717) is 24.4 Å². The third-order valence-electron chi connectivity index (χ3n) is 6.91. The van der Waals surface area contributed by atoms with Gasteiger partial charge < -0.3 is 19.9 Å². The molecule has 1 aliphatic rings. The Morgan fingerprint density at radius 3 is 2.71 bits per heavy atom. The van der Waals surface area contributed by atoms with Crippen LogP contribution in [0.3, 0.4) is 0 Å². The van der Waals surface area contributed by atoms with Crippen molar-refractivity contribution in [2.45, 2.75) is 29.9 Å². The smallest absolute Gasteiger partial charge is 0.265 e. The lowest BCUT2D eigenvalue weighted by Crippen LogP contribution is -2.36. The zero-order valence-electron chi connectivity index (χ0n) is 22.5. The Morgan fingerprint density at radius 1 is 1.07 bits per heavy atom. The van der Waals surface area contributed by atoms with Gasteiger partial charge in [0, 0.05) is 36.6 Å². The van der Waals surface area contributed by atoms with Crippen molar-refractivity contribution in [3.63, 3.8) is 0 Å². The molecule has 0 saturated carbocycles. The summed E-state index contributed by atoms with van der Waals surface area (Å²) in [7, 11) is -2.64. The van der Waals surface area contributed by atoms with E-state index >= 15 is 0 Å². The lowest BCUT2D eigenvalue weighted by atomic mass is 9.97. The summed E-state index contributed by atoms with van der Waals surface area (Å²) < 4.78 is 39.5. The van der Waals surface area contributed by atoms with Gasteiger partial charge in [0.15, 0.2) is 0 Å². The van der Waals surface area contributed by atoms with E-state index in [0.717, 1.165) is 35.3 Å². The number of ether oxygens (including phenoxy) is 2. The Bertz CT molecular complexity index is 1630. The number of hydrogen-bond donors (Lipinski definition) is 3. The van der Waals surface area contributed by atoms with Crippen LogP contribution in [0.1, 0.15) is 34.0 Å². The summed E-state index contributed by atoms with van der Waals surface area (Å²) in [6.45, 7) is 0.997. The van der Waals surface area contributed by atoms with Crippen LogP contribution in [0.2, 0.25) is 0 Å². The fraction of sp³-hybridized carbons (Fsp3) is 0.226. The van der Waals surface area contributed by atoms with Crippen LogP contribution in [-0.2, 0) is 16.4 Å². The highest BCUT2D eigenvalue weighted by Gasteiger charge is 2.22. The Labute approximate surface area is 239 Å². The number of carbonyl (C=O) groups is 1. The molecule has 3 N–H and O–H groups in total. The lowest BCUT2D eigenvalue weighted by Gasteiger charge is -2.27. The van der Waals surface area contributed by atoms with Gasteiger partial charge in [-0.2, -0.15) is 0 Å². The maximum atomic E-state index is 13.0. The molecule has 212 valence electrons. The minimum Gasteiger partial charge on any atom is -0.497 e. The number of rotatable bonds is 10. The largest absolute Gasteiger partial charge is 0.497 e. The maximum Gasteiger partial charge on any atom is 0.265 e. The van der Waals surface area contributed by atoms with E-state index in [-0.39, 0.29) is 16.6 Å². The second kappa shape index (κ2) is 12.5. The van der Waals surface area contributed by atoms with Crippen LogP contribution in [-0.4, -0.2) is 50.7 Å². The fourth-order valence-corrected chi connectivity index (χ4v) is 5.71. The van der Waals surface area contributed by atoms with E-state index in [1.54, 1.807) is 42.7 Å². The Balaban J connectivity index is 1.22. The summed E-state index contributed by atoms with van der Waals surface area (Å²) in [5, 5.41) is 13.6. The van der Waals surface area contributed by atoms with E-state index in [9.17, 15) is 18.3 Å². The Hall–Kier alpha value is -4.25. The number of aromatic nitrogens is 1. The molecule has 9 nitrogen and oxygen atoms in total. The van der Waals surface area contributed by atoms with Crippen molar-refractivity contribution in [3.8, 4) is 22.6 Å². The number of hydrogen-bond acceptors (Lipinski definition) is 8. The second-order valence-corrected chi connectivity index (χ2v) is 11.4. The highest BCUT2D eigenvalue weighted by Crippen LogP contribution is 2.32. The number of aliphatic hydroxyl groups excluding tert-OH is 1. The molecule has 1 aromatic heterocycles. The van der Waals surface area contributed by atoms with Gasteiger partial charge in [-0.25, -0.2) is 13.1 Å². The molecule has 4 aromatic rings. The molecule has 0 fully saturated rings. The van der Waals surface area contributed by atoms with Gasteiger partial charge in [-0.05, 0) is 78.1 Å². The van der Waals surface area contributed by atoms with Gasteiger partial charge in [0.05, 0.1) is 18.1 Å². The third kappa shape index (κ3) is 6.91. The first kappa shape index (κ1) is 28.3. The van der Waals surface area contributed by atoms with Crippen LogP contribution in [0, 0.1) is 0 Å². The Morgan fingerprint density at radius 2 is 1.90 bits per heavy atom. The molecule has 0 unspecified atom stereocenters. The molecule has 10 heteroatoms. The molecule has 2 heterocycles. The minimum absolute atomic E-state index is 0.0140. The zero-order chi connectivity index (χ0) is 28.8. The number of benzene rings is 3. The summed E-state index contributed by atoms with van der Waals surface area (Å²) in [6, 6.07) is 22.2. The second-order valence-electron chi connectivity index (χ2n) is 9.76. The van der Waals surface area contributed by atoms with Crippen LogP contribution >= 0.6 is 0 Å². The predicted molar refractivity (Wildman–Crippen MR) is 154 cm³/mol. The van der Waals surface area contributed by atoms with Crippen molar-refractivity contribution >= 4 is 15.9 Å². The van der Waals surface area contributed by atoms with Gasteiger partial charge in [-0.3, -0.25) is 9.78 Å². The molecule has 2 atom stereocenters. The van der Waals surface area contributed by atoms with E-state index in [1.165, 1.54) is 25.3 Å². The van der Waals surface area contributed by atoms with Crippen molar-refractivity contribution in [2.24, 2.45) is 0 Å². The molecule has 41 heavy (non-hydrogen) atoms. The minimum atomic E-state index is -4.11. The standard InChI is InChI=1S/C31H31N3O6S/c1-39-26-8-2-6-24(16-26)31(36)34-41(37,38)28-9-3-5-21(17-28)22-11-13-30-23(15-22)10-12-27(40-30)19-33-20-29(35)25-7-4-14-32-18-25/h2-9,11,13-18,27,29,33,35H,10,12,19-20H2,1H3,(H,34,36)/t27-,29+/m1/s1. The number of carbonyl (C=O) groups excluding carboxylic acids is 1. The summed E-state index contributed by atoms with van der Waals surface area (Å²) in [5.41, 5.74) is 3.53. The van der Waals surface area contributed by atoms with E-state index in [2.05, 4.69) is 15.0 Å². The predicted octanol–water partition coefficient (Wildman–Crippen LogP) is 3.89. The topological polar surface area (TPSA) is 127 Å². The van der Waals surface area contributed by atoms with Gasteiger partial charge >= 0.3 is 0 Å². The maximum absolute atomic E-state index is 13.0. The third-order valence-corrected chi connectivity index (χ3v) is 8.23. The molecular weight excluding hydrogens is 542 g/mol. The van der Waals surface area contributed by atoms with E-state index < -0.39 is 22.0 Å². The van der Waals surface area contributed by atoms with E-state index in [4.69, 9.17) is 9.47 Å². The molecule has 0 aliphatic carbocycles. The number of sulfonamides is 1. The number of aliphatic hydroxyl groups is 1. The molecule has 0 bridgehead atoms. The van der Waals surface area contributed by atoms with Crippen molar-refractivity contribution < 1.29 is 27.8 Å². The molecule has 0 saturated heterocycles. The van der Waals surface area contributed by atoms with Crippen molar-refractivity contribution in [2.75, 3.05) is 20.2 Å². The molecule has 3 aromatic carbocycles. The number of nitrogens with zero attached hydrogens (tertiary/aromatic N) is 1. The van der Waals surface area contributed by atoms with Gasteiger partial charge in [0.25, 0.3) is 15.9 Å². The number of nitrogens with one attached hydrogen (secondary N) is 2. The van der Waals surface area contributed by atoms with Crippen molar-refractivity contribution in [3.05, 3.63) is 108 Å². The summed E-state index contributed by atoms with van der Waals surface area (Å²) in [6.07, 6.45) is 4.26. The van der Waals surface area contributed by atoms with Crippen LogP contribution in [0.4, 0.5) is 0 Å². The van der Waals surface area contributed by atoms with Crippen molar-refractivity contribution in [1.82, 2.24) is 15.0 Å². The molecule has 0 spiro atoms. The molecule has 5 rings (SSSR count). The summed E-state index contributed by atoms with van der Waals surface area (Å²) >= 11 is 0. The van der Waals surface area contributed by atoms with Crippen LogP contribution in [0.5, 0.6) is 11.5 Å².